The third kappa shape index (κ3) is 8.08. The Labute approximate surface area is 284 Å². The van der Waals surface area contributed by atoms with E-state index >= 15 is 0 Å². The second kappa shape index (κ2) is 14.4. The number of hydrogen-bond donors (Lipinski definition) is 5. The average molecular weight is 686 g/mol. The number of ketones is 1. The third-order valence-corrected chi connectivity index (χ3v) is 9.26. The van der Waals surface area contributed by atoms with Gasteiger partial charge in [0.05, 0.1) is 49.1 Å². The summed E-state index contributed by atoms with van der Waals surface area (Å²) in [6.07, 6.45) is 0. The molecular weight excluding hydrogens is 651 g/mol. The standard InChI is InChI=1S/C34H35N7O5S2/c1-18(37-32(45)21-6-12-25-27(14-21)47-16-35-25)29(42)34(4,5)41-20(3)31(44)38-19(2)30(43)39-23-8-10-24(11-9-23)40-33(46)22-7-13-26-28(15-22)48-17-36-26/h6-20,41H,1-5H3,(H,37,45)(H,38,44)(H,39,43)(H,40,46). The van der Waals surface area contributed by atoms with Gasteiger partial charge in [0.2, 0.25) is 11.8 Å². The molecule has 0 aliphatic heterocycles. The van der Waals surface area contributed by atoms with Crippen LogP contribution >= 0.6 is 22.7 Å². The van der Waals surface area contributed by atoms with Crippen LogP contribution in [-0.2, 0) is 14.4 Å². The zero-order chi connectivity index (χ0) is 34.6. The lowest BCUT2D eigenvalue weighted by Crippen LogP contribution is -2.60. The molecule has 12 nitrogen and oxygen atoms in total. The number of anilines is 2. The Kier molecular flexibility index (Phi) is 10.3. The van der Waals surface area contributed by atoms with Gasteiger partial charge in [-0.1, -0.05) is 0 Å². The van der Waals surface area contributed by atoms with Crippen molar-refractivity contribution in [2.24, 2.45) is 0 Å². The molecule has 5 aromatic rings. The number of carbonyl (C=O) groups excluding carboxylic acids is 5. The van der Waals surface area contributed by atoms with Gasteiger partial charge in [0.15, 0.2) is 5.78 Å². The van der Waals surface area contributed by atoms with E-state index in [0.717, 1.165) is 20.4 Å². The lowest BCUT2D eigenvalue weighted by molar-refractivity contribution is -0.130. The first-order valence-electron chi connectivity index (χ1n) is 15.1. The number of amides is 4. The molecule has 14 heteroatoms. The number of aromatic nitrogens is 2. The molecule has 0 fully saturated rings. The van der Waals surface area contributed by atoms with Crippen LogP contribution in [0.2, 0.25) is 0 Å². The Bertz CT molecular complexity index is 2000. The Balaban J connectivity index is 1.08. The highest BCUT2D eigenvalue weighted by Crippen LogP contribution is 2.21. The molecule has 2 aromatic heterocycles. The summed E-state index contributed by atoms with van der Waals surface area (Å²) in [6, 6.07) is 14.5. The lowest BCUT2D eigenvalue weighted by Gasteiger charge is -2.31. The highest BCUT2D eigenvalue weighted by atomic mass is 32.1. The fourth-order valence-corrected chi connectivity index (χ4v) is 6.48. The quantitative estimate of drug-likeness (QED) is 0.125. The van der Waals surface area contributed by atoms with Crippen molar-refractivity contribution in [3.63, 3.8) is 0 Å². The Morgan fingerprint density at radius 3 is 1.71 bits per heavy atom. The number of carbonyl (C=O) groups is 5. The molecule has 3 aromatic carbocycles. The average Bonchev–Trinajstić information content (AvgIpc) is 3.73. The van der Waals surface area contributed by atoms with Crippen LogP contribution < -0.4 is 26.6 Å². The normalized spacial score (nSPS) is 13.4. The van der Waals surface area contributed by atoms with E-state index in [9.17, 15) is 24.0 Å². The predicted molar refractivity (Wildman–Crippen MR) is 188 cm³/mol. The van der Waals surface area contributed by atoms with Crippen molar-refractivity contribution in [3.8, 4) is 0 Å². The van der Waals surface area contributed by atoms with E-state index in [-0.39, 0.29) is 11.7 Å². The molecule has 5 N–H and O–H groups in total. The SMILES string of the molecule is CC(NC(=O)C(C)NC(C)(C)C(=O)C(C)NC(=O)c1ccc2ncsc2c1)C(=O)Nc1ccc(NC(=O)c2ccc3ncsc3c2)cc1. The van der Waals surface area contributed by atoms with Crippen molar-refractivity contribution in [1.29, 1.82) is 0 Å². The number of thiazole rings is 2. The minimum absolute atomic E-state index is 0.268. The largest absolute Gasteiger partial charge is 0.343 e. The van der Waals surface area contributed by atoms with Crippen molar-refractivity contribution in [2.75, 3.05) is 10.6 Å². The lowest BCUT2D eigenvalue weighted by atomic mass is 9.92. The number of nitrogens with one attached hydrogen (secondary N) is 5. The topological polar surface area (TPSA) is 171 Å². The van der Waals surface area contributed by atoms with E-state index in [1.165, 1.54) is 22.7 Å². The van der Waals surface area contributed by atoms with Crippen LogP contribution in [0.3, 0.4) is 0 Å². The highest BCUT2D eigenvalue weighted by molar-refractivity contribution is 7.17. The molecule has 0 saturated carbocycles. The molecule has 0 radical (unpaired) electrons. The van der Waals surface area contributed by atoms with Crippen LogP contribution in [0, 0.1) is 0 Å². The Hall–Kier alpha value is -5.05. The molecule has 2 heterocycles. The van der Waals surface area contributed by atoms with Gasteiger partial charge in [-0.15, -0.1) is 22.7 Å². The van der Waals surface area contributed by atoms with Gasteiger partial charge >= 0.3 is 0 Å². The van der Waals surface area contributed by atoms with Gasteiger partial charge in [-0.05, 0) is 95.3 Å². The summed E-state index contributed by atoms with van der Waals surface area (Å²) in [7, 11) is 0. The van der Waals surface area contributed by atoms with E-state index in [0.29, 0.717) is 22.5 Å². The van der Waals surface area contributed by atoms with Gasteiger partial charge in [-0.3, -0.25) is 29.3 Å². The fourth-order valence-electron chi connectivity index (χ4n) is 5.05. The molecule has 3 atom stereocenters. The number of hydrogen-bond acceptors (Lipinski definition) is 10. The molecular formula is C34H35N7O5S2. The minimum atomic E-state index is -1.18. The Morgan fingerprint density at radius 2 is 1.15 bits per heavy atom. The maximum atomic E-state index is 13.3. The second-order valence-corrected chi connectivity index (χ2v) is 13.6. The van der Waals surface area contributed by atoms with E-state index in [1.807, 2.05) is 0 Å². The maximum Gasteiger partial charge on any atom is 0.255 e. The first-order chi connectivity index (χ1) is 22.8. The minimum Gasteiger partial charge on any atom is -0.343 e. The predicted octanol–water partition coefficient (Wildman–Crippen LogP) is 4.75. The second-order valence-electron chi connectivity index (χ2n) is 11.9. The number of fused-ring (bicyclic) bond motifs is 2. The number of nitrogens with zero attached hydrogens (tertiary/aromatic N) is 2. The van der Waals surface area contributed by atoms with Gasteiger partial charge in [0, 0.05) is 22.5 Å². The number of Topliss-reactive ketones (excluding diaryl/α,β-unsaturated/α-hetero) is 1. The first-order valence-corrected chi connectivity index (χ1v) is 16.9. The van der Waals surface area contributed by atoms with Gasteiger partial charge < -0.3 is 21.3 Å². The van der Waals surface area contributed by atoms with Crippen molar-refractivity contribution in [3.05, 3.63) is 82.8 Å². The third-order valence-electron chi connectivity index (χ3n) is 7.68. The van der Waals surface area contributed by atoms with E-state index in [1.54, 1.807) is 106 Å². The molecule has 5 rings (SSSR count). The molecule has 4 amide bonds. The van der Waals surface area contributed by atoms with Crippen LogP contribution in [0.5, 0.6) is 0 Å². The van der Waals surface area contributed by atoms with E-state index in [4.69, 9.17) is 0 Å². The number of benzene rings is 3. The molecule has 0 saturated heterocycles. The monoisotopic (exact) mass is 685 g/mol. The summed E-state index contributed by atoms with van der Waals surface area (Å²) in [6.45, 7) is 7.99. The Morgan fingerprint density at radius 1 is 0.625 bits per heavy atom. The molecule has 0 spiro atoms. The summed E-state index contributed by atoms with van der Waals surface area (Å²) >= 11 is 2.88. The summed E-state index contributed by atoms with van der Waals surface area (Å²) in [5, 5.41) is 14.0. The van der Waals surface area contributed by atoms with Gasteiger partial charge in [0.25, 0.3) is 11.8 Å². The first kappa shape index (κ1) is 34.3. The fraction of sp³-hybridized carbons (Fsp3) is 0.265. The van der Waals surface area contributed by atoms with Crippen LogP contribution in [0.25, 0.3) is 20.4 Å². The smallest absolute Gasteiger partial charge is 0.255 e. The van der Waals surface area contributed by atoms with Crippen LogP contribution in [0.4, 0.5) is 11.4 Å². The number of rotatable bonds is 12. The van der Waals surface area contributed by atoms with E-state index in [2.05, 4.69) is 36.6 Å². The molecule has 0 aliphatic rings. The van der Waals surface area contributed by atoms with Gasteiger partial charge in [-0.25, -0.2) is 9.97 Å². The molecule has 48 heavy (non-hydrogen) atoms. The molecule has 3 unspecified atom stereocenters. The summed E-state index contributed by atoms with van der Waals surface area (Å²) in [5.74, 6) is -1.91. The molecule has 248 valence electrons. The van der Waals surface area contributed by atoms with Crippen molar-refractivity contribution >= 4 is 83.9 Å². The van der Waals surface area contributed by atoms with Crippen LogP contribution in [0.1, 0.15) is 55.3 Å². The zero-order valence-electron chi connectivity index (χ0n) is 26.9. The molecule has 0 aliphatic carbocycles. The maximum absolute atomic E-state index is 13.3. The van der Waals surface area contributed by atoms with Crippen LogP contribution in [0.15, 0.2) is 71.7 Å². The zero-order valence-corrected chi connectivity index (χ0v) is 28.5. The molecule has 0 bridgehead atoms. The highest BCUT2D eigenvalue weighted by Gasteiger charge is 2.35. The van der Waals surface area contributed by atoms with Gasteiger partial charge in [0.1, 0.15) is 6.04 Å². The van der Waals surface area contributed by atoms with Crippen molar-refractivity contribution in [2.45, 2.75) is 58.3 Å². The summed E-state index contributed by atoms with van der Waals surface area (Å²) in [4.78, 5) is 73.0. The van der Waals surface area contributed by atoms with Crippen molar-refractivity contribution < 1.29 is 24.0 Å². The van der Waals surface area contributed by atoms with Crippen LogP contribution in [-0.4, -0.2) is 63.0 Å². The summed E-state index contributed by atoms with van der Waals surface area (Å²) < 4.78 is 1.79. The van der Waals surface area contributed by atoms with E-state index < -0.39 is 41.4 Å². The van der Waals surface area contributed by atoms with Crippen molar-refractivity contribution in [1.82, 2.24) is 25.9 Å². The van der Waals surface area contributed by atoms with Gasteiger partial charge in [-0.2, -0.15) is 0 Å². The summed E-state index contributed by atoms with van der Waals surface area (Å²) in [5.41, 5.74) is 5.83.